The van der Waals surface area contributed by atoms with Gasteiger partial charge in [-0.25, -0.2) is 0 Å². The molecule has 1 saturated carbocycles. The lowest BCUT2D eigenvalue weighted by molar-refractivity contribution is -0.143. The van der Waals surface area contributed by atoms with Gasteiger partial charge in [0.1, 0.15) is 0 Å². The molecule has 1 aliphatic rings. The van der Waals surface area contributed by atoms with Crippen molar-refractivity contribution in [3.8, 4) is 0 Å². The summed E-state index contributed by atoms with van der Waals surface area (Å²) in [5.74, 6) is 0.0126. The normalized spacial score (nSPS) is 15.9. The van der Waals surface area contributed by atoms with Crippen LogP contribution in [0, 0.1) is 5.92 Å². The monoisotopic (exact) mass is 275 g/mol. The van der Waals surface area contributed by atoms with Crippen molar-refractivity contribution in [1.82, 2.24) is 0 Å². The molecule has 1 aromatic rings. The number of hydrogen-bond acceptors (Lipinski definition) is 3. The molecule has 1 aliphatic carbocycles. The topological polar surface area (TPSA) is 52.3 Å². The van der Waals surface area contributed by atoms with Gasteiger partial charge in [0.2, 0.25) is 0 Å². The second-order valence-corrected chi connectivity index (χ2v) is 4.53. The van der Waals surface area contributed by atoms with E-state index in [4.69, 9.17) is 22.1 Å². The van der Waals surface area contributed by atoms with Crippen LogP contribution in [0.25, 0.3) is 0 Å². The molecule has 1 unspecified atom stereocenters. The van der Waals surface area contributed by atoms with Gasteiger partial charge in [-0.1, -0.05) is 17.7 Å². The van der Waals surface area contributed by atoms with Gasteiger partial charge in [0, 0.05) is 0 Å². The summed E-state index contributed by atoms with van der Waals surface area (Å²) in [7, 11) is 1.41. The van der Waals surface area contributed by atoms with Crippen molar-refractivity contribution in [2.24, 2.45) is 5.92 Å². The summed E-state index contributed by atoms with van der Waals surface area (Å²) in [6.07, 6.45) is 2.14. The average Bonchev–Trinajstić information content (AvgIpc) is 3.07. The van der Waals surface area contributed by atoms with E-state index in [1.54, 1.807) is 12.1 Å². The lowest BCUT2D eigenvalue weighted by Crippen LogP contribution is -2.16. The van der Waals surface area contributed by atoms with E-state index in [-0.39, 0.29) is 24.3 Å². The summed E-state index contributed by atoms with van der Waals surface area (Å²) in [6.45, 7) is 0. The van der Waals surface area contributed by atoms with Crippen LogP contribution in [0.1, 0.15) is 24.3 Å². The number of nitrogen functional groups attached to an aromatic ring is 1. The Hall–Kier alpha value is -0.930. The first-order valence-corrected chi connectivity index (χ1v) is 5.64. The van der Waals surface area contributed by atoms with Gasteiger partial charge in [-0.15, -0.1) is 12.4 Å². The minimum atomic E-state index is -0.192. The Morgan fingerprint density at radius 1 is 1.53 bits per heavy atom. The number of esters is 1. The first kappa shape index (κ1) is 14.1. The van der Waals surface area contributed by atoms with Crippen LogP contribution in [0.15, 0.2) is 18.2 Å². The quantitative estimate of drug-likeness (QED) is 0.682. The summed E-state index contributed by atoms with van der Waals surface area (Å²) >= 11 is 5.95. The van der Waals surface area contributed by atoms with Crippen molar-refractivity contribution in [3.05, 3.63) is 28.8 Å². The van der Waals surface area contributed by atoms with Crippen LogP contribution in [0.2, 0.25) is 5.02 Å². The Morgan fingerprint density at radius 2 is 2.18 bits per heavy atom. The third-order valence-corrected chi connectivity index (χ3v) is 3.26. The largest absolute Gasteiger partial charge is 0.469 e. The number of hydrogen-bond donors (Lipinski definition) is 1. The van der Waals surface area contributed by atoms with Gasteiger partial charge in [0.15, 0.2) is 0 Å². The van der Waals surface area contributed by atoms with Crippen LogP contribution >= 0.6 is 24.0 Å². The molecule has 1 fully saturated rings. The smallest absolute Gasteiger partial charge is 0.313 e. The third kappa shape index (κ3) is 3.05. The average molecular weight is 276 g/mol. The SMILES string of the molecule is COC(=O)C(c1ccc(N)c(Cl)c1)C1CC1.Cl. The van der Waals surface area contributed by atoms with Crippen LogP contribution in [0.5, 0.6) is 0 Å². The zero-order chi connectivity index (χ0) is 11.7. The van der Waals surface area contributed by atoms with Gasteiger partial charge in [0.25, 0.3) is 0 Å². The van der Waals surface area contributed by atoms with Crippen LogP contribution in [0.3, 0.4) is 0 Å². The van der Waals surface area contributed by atoms with Gasteiger partial charge in [-0.05, 0) is 36.5 Å². The van der Waals surface area contributed by atoms with Crippen molar-refractivity contribution in [3.63, 3.8) is 0 Å². The first-order valence-electron chi connectivity index (χ1n) is 5.26. The molecule has 0 saturated heterocycles. The highest BCUT2D eigenvalue weighted by atomic mass is 35.5. The summed E-state index contributed by atoms with van der Waals surface area (Å²) in [5.41, 5.74) is 7.07. The second-order valence-electron chi connectivity index (χ2n) is 4.12. The van der Waals surface area contributed by atoms with Crippen molar-refractivity contribution in [2.75, 3.05) is 12.8 Å². The highest BCUT2D eigenvalue weighted by molar-refractivity contribution is 6.33. The van der Waals surface area contributed by atoms with Crippen LogP contribution < -0.4 is 5.73 Å². The Morgan fingerprint density at radius 3 is 2.65 bits per heavy atom. The molecule has 0 spiro atoms. The fourth-order valence-electron chi connectivity index (χ4n) is 1.89. The van der Waals surface area contributed by atoms with Gasteiger partial charge in [0.05, 0.1) is 23.7 Å². The van der Waals surface area contributed by atoms with E-state index in [1.165, 1.54) is 7.11 Å². The van der Waals surface area contributed by atoms with E-state index in [1.807, 2.05) is 6.07 Å². The molecule has 0 aliphatic heterocycles. The molecule has 0 aromatic heterocycles. The van der Waals surface area contributed by atoms with Gasteiger partial charge in [-0.3, -0.25) is 4.79 Å². The zero-order valence-electron chi connectivity index (χ0n) is 9.48. The Labute approximate surface area is 112 Å². The highest BCUT2D eigenvalue weighted by Crippen LogP contribution is 2.44. The molecule has 5 heteroatoms. The predicted octanol–water partition coefficient (Wildman–Crippen LogP) is 3.01. The molecule has 1 aromatic carbocycles. The molecule has 0 heterocycles. The molecule has 0 amide bonds. The summed E-state index contributed by atoms with van der Waals surface area (Å²) < 4.78 is 4.82. The summed E-state index contributed by atoms with van der Waals surface area (Å²) in [6, 6.07) is 5.34. The molecule has 2 rings (SSSR count). The van der Waals surface area contributed by atoms with E-state index in [0.29, 0.717) is 16.6 Å². The van der Waals surface area contributed by atoms with Crippen LogP contribution in [-0.2, 0) is 9.53 Å². The van der Waals surface area contributed by atoms with E-state index < -0.39 is 0 Å². The molecule has 3 nitrogen and oxygen atoms in total. The van der Waals surface area contributed by atoms with E-state index in [2.05, 4.69) is 0 Å². The molecule has 17 heavy (non-hydrogen) atoms. The number of ether oxygens (including phenoxy) is 1. The van der Waals surface area contributed by atoms with E-state index >= 15 is 0 Å². The maximum absolute atomic E-state index is 11.7. The lowest BCUT2D eigenvalue weighted by atomic mass is 9.94. The number of rotatable bonds is 3. The first-order chi connectivity index (χ1) is 7.63. The number of nitrogens with two attached hydrogens (primary N) is 1. The Kier molecular flexibility index (Phi) is 4.66. The van der Waals surface area contributed by atoms with Crippen LogP contribution in [-0.4, -0.2) is 13.1 Å². The van der Waals surface area contributed by atoms with Crippen molar-refractivity contribution >= 4 is 35.7 Å². The number of halogens is 2. The zero-order valence-corrected chi connectivity index (χ0v) is 11.1. The Bertz CT molecular complexity index is 419. The summed E-state index contributed by atoms with van der Waals surface area (Å²) in [4.78, 5) is 11.7. The molecule has 2 N–H and O–H groups in total. The molecule has 94 valence electrons. The minimum absolute atomic E-state index is 0. The second kappa shape index (κ2) is 5.61. The predicted molar refractivity (Wildman–Crippen MR) is 70.6 cm³/mol. The number of carbonyl (C=O) groups is 1. The van der Waals surface area contributed by atoms with Crippen molar-refractivity contribution < 1.29 is 9.53 Å². The standard InChI is InChI=1S/C12H14ClNO2.ClH/c1-16-12(15)11(7-2-3-7)8-4-5-10(14)9(13)6-8;/h4-7,11H,2-3,14H2,1H3;1H. The molecule has 0 bridgehead atoms. The number of carbonyl (C=O) groups excluding carboxylic acids is 1. The number of benzene rings is 1. The van der Waals surface area contributed by atoms with Crippen LogP contribution in [0.4, 0.5) is 5.69 Å². The maximum Gasteiger partial charge on any atom is 0.313 e. The molecular formula is C12H15Cl2NO2. The number of anilines is 1. The fraction of sp³-hybridized carbons (Fsp3) is 0.417. The minimum Gasteiger partial charge on any atom is -0.469 e. The lowest BCUT2D eigenvalue weighted by Gasteiger charge is -2.14. The fourth-order valence-corrected chi connectivity index (χ4v) is 2.08. The van der Waals surface area contributed by atoms with Crippen molar-refractivity contribution in [2.45, 2.75) is 18.8 Å². The molecule has 1 atom stereocenters. The van der Waals surface area contributed by atoms with Gasteiger partial charge in [-0.2, -0.15) is 0 Å². The molecule has 0 radical (unpaired) electrons. The molecular weight excluding hydrogens is 261 g/mol. The highest BCUT2D eigenvalue weighted by Gasteiger charge is 2.38. The van der Waals surface area contributed by atoms with E-state index in [9.17, 15) is 4.79 Å². The van der Waals surface area contributed by atoms with Crippen molar-refractivity contribution in [1.29, 1.82) is 0 Å². The number of methoxy groups -OCH3 is 1. The summed E-state index contributed by atoms with van der Waals surface area (Å²) in [5, 5.41) is 0.493. The maximum atomic E-state index is 11.7. The van der Waals surface area contributed by atoms with Gasteiger partial charge < -0.3 is 10.5 Å². The van der Waals surface area contributed by atoms with E-state index in [0.717, 1.165) is 18.4 Å². The van der Waals surface area contributed by atoms with Gasteiger partial charge >= 0.3 is 5.97 Å². The Balaban J connectivity index is 0.00000144. The third-order valence-electron chi connectivity index (χ3n) is 2.93.